The minimum atomic E-state index is -0.0910. The van der Waals surface area contributed by atoms with Crippen molar-refractivity contribution < 1.29 is 4.74 Å². The Morgan fingerprint density at radius 2 is 1.95 bits per heavy atom. The number of ether oxygens (including phenoxy) is 1. The van der Waals surface area contributed by atoms with E-state index in [1.54, 1.807) is 0 Å². The summed E-state index contributed by atoms with van der Waals surface area (Å²) in [5.41, 5.74) is 4.50. The van der Waals surface area contributed by atoms with Crippen LogP contribution in [0.3, 0.4) is 0 Å². The van der Waals surface area contributed by atoms with Crippen molar-refractivity contribution in [1.82, 2.24) is 5.43 Å². The highest BCUT2D eigenvalue weighted by atomic mass is 16.5. The fraction of sp³-hybridized carbons (Fsp3) is 0.882. The largest absolute Gasteiger partial charge is 0.376 e. The molecule has 0 saturated heterocycles. The lowest BCUT2D eigenvalue weighted by Gasteiger charge is -2.45. The Bertz CT molecular complexity index is 319. The van der Waals surface area contributed by atoms with Gasteiger partial charge in [0.1, 0.15) is 0 Å². The fourth-order valence-electron chi connectivity index (χ4n) is 3.94. The summed E-state index contributed by atoms with van der Waals surface area (Å²) in [6.07, 6.45) is 14.9. The van der Waals surface area contributed by atoms with Crippen LogP contribution in [-0.2, 0) is 4.74 Å². The van der Waals surface area contributed by atoms with Crippen LogP contribution in [0.15, 0.2) is 11.6 Å². The summed E-state index contributed by atoms with van der Waals surface area (Å²) in [5.74, 6) is 6.77. The number of hydrogen-bond acceptors (Lipinski definition) is 3. The van der Waals surface area contributed by atoms with E-state index < -0.39 is 0 Å². The Hall–Kier alpha value is -0.380. The van der Waals surface area contributed by atoms with Crippen molar-refractivity contribution in [2.24, 2.45) is 11.8 Å². The molecule has 0 aromatic heterocycles. The van der Waals surface area contributed by atoms with E-state index in [9.17, 15) is 0 Å². The van der Waals surface area contributed by atoms with Crippen LogP contribution in [0, 0.1) is 5.92 Å². The SMILES string of the molecule is COC1(C(NN)C2=CCCCCCC2)CCC(C)CC1. The van der Waals surface area contributed by atoms with Gasteiger partial charge in [-0.05, 0) is 57.3 Å². The fourth-order valence-corrected chi connectivity index (χ4v) is 3.94. The molecular weight excluding hydrogens is 248 g/mol. The van der Waals surface area contributed by atoms with Gasteiger partial charge >= 0.3 is 0 Å². The van der Waals surface area contributed by atoms with E-state index in [2.05, 4.69) is 18.4 Å². The third kappa shape index (κ3) is 3.63. The minimum Gasteiger partial charge on any atom is -0.376 e. The lowest BCUT2D eigenvalue weighted by molar-refractivity contribution is -0.0670. The molecule has 3 heteroatoms. The zero-order chi connectivity index (χ0) is 14.4. The van der Waals surface area contributed by atoms with Gasteiger partial charge in [-0.3, -0.25) is 11.3 Å². The summed E-state index contributed by atoms with van der Waals surface area (Å²) in [6, 6.07) is 0.193. The molecule has 0 radical (unpaired) electrons. The summed E-state index contributed by atoms with van der Waals surface area (Å²) in [6.45, 7) is 2.35. The molecule has 0 aliphatic heterocycles. The normalized spacial score (nSPS) is 34.0. The second kappa shape index (κ2) is 7.58. The summed E-state index contributed by atoms with van der Waals surface area (Å²) in [7, 11) is 1.86. The summed E-state index contributed by atoms with van der Waals surface area (Å²) < 4.78 is 6.02. The Balaban J connectivity index is 2.15. The van der Waals surface area contributed by atoms with Crippen molar-refractivity contribution in [3.8, 4) is 0 Å². The van der Waals surface area contributed by atoms with Crippen molar-refractivity contribution in [2.75, 3.05) is 7.11 Å². The van der Waals surface area contributed by atoms with Crippen LogP contribution in [-0.4, -0.2) is 18.8 Å². The second-order valence-electron chi connectivity index (χ2n) is 6.78. The number of rotatable bonds is 4. The van der Waals surface area contributed by atoms with E-state index in [1.165, 1.54) is 56.9 Å². The van der Waals surface area contributed by atoms with Crippen molar-refractivity contribution in [3.63, 3.8) is 0 Å². The molecule has 0 aromatic carbocycles. The van der Waals surface area contributed by atoms with E-state index in [4.69, 9.17) is 10.6 Å². The maximum atomic E-state index is 6.02. The van der Waals surface area contributed by atoms with Gasteiger partial charge in [-0.25, -0.2) is 0 Å². The zero-order valence-corrected chi connectivity index (χ0v) is 13.3. The van der Waals surface area contributed by atoms with Crippen LogP contribution in [0.4, 0.5) is 0 Å². The van der Waals surface area contributed by atoms with Crippen molar-refractivity contribution in [3.05, 3.63) is 11.6 Å². The molecule has 1 saturated carbocycles. The number of nitrogens with two attached hydrogens (primary N) is 1. The van der Waals surface area contributed by atoms with E-state index in [1.807, 2.05) is 7.11 Å². The molecule has 3 N–H and O–H groups in total. The molecule has 2 aliphatic carbocycles. The molecule has 1 atom stereocenters. The van der Waals surface area contributed by atoms with Crippen molar-refractivity contribution in [1.29, 1.82) is 0 Å². The maximum absolute atomic E-state index is 6.02. The maximum Gasteiger partial charge on any atom is 0.0882 e. The van der Waals surface area contributed by atoms with E-state index >= 15 is 0 Å². The van der Waals surface area contributed by atoms with Gasteiger partial charge in [0, 0.05) is 7.11 Å². The van der Waals surface area contributed by atoms with E-state index in [0.29, 0.717) is 0 Å². The summed E-state index contributed by atoms with van der Waals surface area (Å²) in [5, 5.41) is 0. The third-order valence-corrected chi connectivity index (χ3v) is 5.42. The number of hydrazine groups is 1. The third-order valence-electron chi connectivity index (χ3n) is 5.42. The van der Waals surface area contributed by atoms with Crippen LogP contribution in [0.5, 0.6) is 0 Å². The Kier molecular flexibility index (Phi) is 6.06. The standard InChI is InChI=1S/C17H32N2O/c1-14-10-12-17(20-2,13-11-14)16(19-18)15-8-6-4-3-5-7-9-15/h8,14,16,19H,3-7,9-13,18H2,1-2H3. The highest BCUT2D eigenvalue weighted by Gasteiger charge is 2.42. The first-order chi connectivity index (χ1) is 9.72. The molecule has 0 amide bonds. The van der Waals surface area contributed by atoms with E-state index in [-0.39, 0.29) is 11.6 Å². The molecule has 0 spiro atoms. The molecule has 116 valence electrons. The second-order valence-corrected chi connectivity index (χ2v) is 6.78. The summed E-state index contributed by atoms with van der Waals surface area (Å²) in [4.78, 5) is 0. The molecule has 0 heterocycles. The first kappa shape index (κ1) is 16.0. The lowest BCUT2D eigenvalue weighted by atomic mass is 9.72. The predicted octanol–water partition coefficient (Wildman–Crippen LogP) is 3.69. The molecule has 0 bridgehead atoms. The van der Waals surface area contributed by atoms with Gasteiger partial charge < -0.3 is 4.74 Å². The molecule has 3 nitrogen and oxygen atoms in total. The van der Waals surface area contributed by atoms with Gasteiger partial charge in [0.05, 0.1) is 11.6 Å². The number of hydrogen-bond donors (Lipinski definition) is 2. The monoisotopic (exact) mass is 280 g/mol. The number of methoxy groups -OCH3 is 1. The highest BCUT2D eigenvalue weighted by molar-refractivity contribution is 5.19. The average Bonchev–Trinajstić information content (AvgIpc) is 2.44. The number of nitrogens with one attached hydrogen (secondary N) is 1. The van der Waals surface area contributed by atoms with Crippen LogP contribution in [0.25, 0.3) is 0 Å². The molecule has 1 fully saturated rings. The van der Waals surface area contributed by atoms with Gasteiger partial charge in [0.15, 0.2) is 0 Å². The molecule has 1 unspecified atom stereocenters. The molecular formula is C17H32N2O. The minimum absolute atomic E-state index is 0.0910. The van der Waals surface area contributed by atoms with Crippen LogP contribution < -0.4 is 11.3 Å². The van der Waals surface area contributed by atoms with Gasteiger partial charge in [-0.2, -0.15) is 0 Å². The van der Waals surface area contributed by atoms with Crippen molar-refractivity contribution >= 4 is 0 Å². The predicted molar refractivity (Wildman–Crippen MR) is 84.3 cm³/mol. The van der Waals surface area contributed by atoms with E-state index in [0.717, 1.165) is 18.8 Å². The smallest absolute Gasteiger partial charge is 0.0882 e. The topological polar surface area (TPSA) is 47.3 Å². The van der Waals surface area contributed by atoms with Crippen LogP contribution in [0.2, 0.25) is 0 Å². The zero-order valence-electron chi connectivity index (χ0n) is 13.3. The van der Waals surface area contributed by atoms with Gasteiger partial charge in [0.2, 0.25) is 0 Å². The number of allylic oxidation sites excluding steroid dienone is 1. The molecule has 20 heavy (non-hydrogen) atoms. The van der Waals surface area contributed by atoms with Gasteiger partial charge in [-0.15, -0.1) is 0 Å². The first-order valence-corrected chi connectivity index (χ1v) is 8.42. The Labute approximate surface area is 124 Å². The van der Waals surface area contributed by atoms with Gasteiger partial charge in [0.25, 0.3) is 0 Å². The average molecular weight is 280 g/mol. The van der Waals surface area contributed by atoms with Crippen LogP contribution in [0.1, 0.15) is 71.1 Å². The molecule has 0 aromatic rings. The van der Waals surface area contributed by atoms with Gasteiger partial charge in [-0.1, -0.05) is 31.4 Å². The molecule has 2 rings (SSSR count). The van der Waals surface area contributed by atoms with Crippen molar-refractivity contribution in [2.45, 2.75) is 82.8 Å². The summed E-state index contributed by atoms with van der Waals surface area (Å²) >= 11 is 0. The quantitative estimate of drug-likeness (QED) is 0.469. The van der Waals surface area contributed by atoms with Crippen LogP contribution >= 0.6 is 0 Å². The Morgan fingerprint density at radius 1 is 1.25 bits per heavy atom. The Morgan fingerprint density at radius 3 is 2.60 bits per heavy atom. The molecule has 2 aliphatic rings. The lowest BCUT2D eigenvalue weighted by Crippen LogP contribution is -2.57. The highest BCUT2D eigenvalue weighted by Crippen LogP contribution is 2.40. The first-order valence-electron chi connectivity index (χ1n) is 8.42.